The molecule has 178 valence electrons. The first-order valence-corrected chi connectivity index (χ1v) is 12.6. The molecule has 33 heavy (non-hydrogen) atoms. The van der Waals surface area contributed by atoms with E-state index in [9.17, 15) is 9.59 Å². The van der Waals surface area contributed by atoms with E-state index < -0.39 is 12.2 Å². The number of ether oxygens (including phenoxy) is 1. The average molecular weight is 539 g/mol. The lowest BCUT2D eigenvalue weighted by atomic mass is 10.0. The first kappa shape index (κ1) is 24.0. The number of piperidine rings is 1. The van der Waals surface area contributed by atoms with E-state index >= 15 is 4.39 Å². The first-order chi connectivity index (χ1) is 15.8. The number of rotatable bonds is 7. The van der Waals surface area contributed by atoms with Crippen molar-refractivity contribution in [3.63, 3.8) is 0 Å². The zero-order chi connectivity index (χ0) is 23.5. The Bertz CT molecular complexity index is 1010. The van der Waals surface area contributed by atoms with Gasteiger partial charge in [-0.1, -0.05) is 0 Å². The zero-order valence-corrected chi connectivity index (χ0v) is 21.1. The topological polar surface area (TPSA) is 65.1 Å². The summed E-state index contributed by atoms with van der Waals surface area (Å²) >= 11 is 5.27. The Labute approximate surface area is 205 Å². The van der Waals surface area contributed by atoms with Crippen LogP contribution in [0.15, 0.2) is 34.1 Å². The number of hydrogen-bond donors (Lipinski definition) is 1. The highest BCUT2D eigenvalue weighted by Crippen LogP contribution is 2.31. The number of halogens is 2. The molecule has 3 heterocycles. The largest absolute Gasteiger partial charge is 0.442 e. The number of cyclic esters (lactones) is 1. The van der Waals surface area contributed by atoms with Gasteiger partial charge < -0.3 is 15.0 Å². The molecule has 4 rings (SSSR count). The molecule has 2 aliphatic rings. The predicted octanol–water partition coefficient (Wildman–Crippen LogP) is 4.21. The van der Waals surface area contributed by atoms with Crippen molar-refractivity contribution in [3.8, 4) is 0 Å². The molecule has 0 unspecified atom stereocenters. The van der Waals surface area contributed by atoms with Crippen molar-refractivity contribution in [1.82, 2.24) is 10.2 Å². The third-order valence-electron chi connectivity index (χ3n) is 6.16. The molecule has 2 amide bonds. The number of nitrogens with zero attached hydrogens (tertiary/aromatic N) is 3. The van der Waals surface area contributed by atoms with E-state index in [0.717, 1.165) is 36.3 Å². The second kappa shape index (κ2) is 10.4. The molecule has 2 aromatic rings. The second-order valence-electron chi connectivity index (χ2n) is 8.53. The quantitative estimate of drug-likeness (QED) is 0.571. The van der Waals surface area contributed by atoms with Crippen LogP contribution in [0, 0.1) is 5.82 Å². The van der Waals surface area contributed by atoms with Crippen molar-refractivity contribution < 1.29 is 18.7 Å². The number of carbonyl (C=O) groups is 2. The Balaban J connectivity index is 1.33. The summed E-state index contributed by atoms with van der Waals surface area (Å²) < 4.78 is 21.4. The van der Waals surface area contributed by atoms with Gasteiger partial charge in [0.25, 0.3) is 0 Å². The van der Waals surface area contributed by atoms with Gasteiger partial charge in [0.05, 0.1) is 28.3 Å². The maximum atomic E-state index is 15.0. The second-order valence-corrected chi connectivity index (χ2v) is 11.1. The third-order valence-corrected chi connectivity index (χ3v) is 7.77. The molecule has 0 radical (unpaired) electrons. The summed E-state index contributed by atoms with van der Waals surface area (Å²) in [6.45, 7) is 4.40. The highest BCUT2D eigenvalue weighted by Gasteiger charge is 2.33. The van der Waals surface area contributed by atoms with Gasteiger partial charge >= 0.3 is 6.09 Å². The molecule has 1 aromatic carbocycles. The van der Waals surface area contributed by atoms with Crippen LogP contribution >= 0.6 is 27.3 Å². The van der Waals surface area contributed by atoms with Crippen LogP contribution < -0.4 is 15.1 Å². The van der Waals surface area contributed by atoms with Crippen molar-refractivity contribution in [1.29, 1.82) is 0 Å². The van der Waals surface area contributed by atoms with Crippen LogP contribution in [0.2, 0.25) is 0 Å². The van der Waals surface area contributed by atoms with E-state index in [2.05, 4.69) is 50.2 Å². The molecule has 10 heteroatoms. The maximum Gasteiger partial charge on any atom is 0.414 e. The molecular weight excluding hydrogens is 511 g/mol. The zero-order valence-electron chi connectivity index (χ0n) is 18.7. The SMILES string of the molecule is CC(=O)NC[C@H]1CN(c2ccc(N3CCC(N(C)Cc4ccc(Br)s4)CC3)c(F)c2)C(=O)O1. The van der Waals surface area contributed by atoms with E-state index in [1.807, 2.05) is 0 Å². The molecular formula is C23H28BrFN4O3S. The van der Waals surface area contributed by atoms with E-state index in [4.69, 9.17) is 4.74 Å². The number of benzene rings is 1. The molecule has 2 fully saturated rings. The predicted molar refractivity (Wildman–Crippen MR) is 131 cm³/mol. The average Bonchev–Trinajstić information content (AvgIpc) is 3.37. The standard InChI is InChI=1S/C23H28BrFN4O3S/c1-15(30)26-12-18-13-29(23(31)32-18)17-3-5-21(20(25)11-17)28-9-7-16(8-10-28)27(2)14-19-4-6-22(24)33-19/h3-6,11,16,18H,7-10,12-14H2,1-2H3,(H,26,30)/t18-/m0/s1. The highest BCUT2D eigenvalue weighted by atomic mass is 79.9. The van der Waals surface area contributed by atoms with Crippen LogP contribution in [-0.2, 0) is 16.1 Å². The molecule has 1 aromatic heterocycles. The van der Waals surface area contributed by atoms with Crippen molar-refractivity contribution in [2.75, 3.05) is 43.0 Å². The minimum absolute atomic E-state index is 0.186. The van der Waals surface area contributed by atoms with Gasteiger partial charge in [-0.15, -0.1) is 11.3 Å². The van der Waals surface area contributed by atoms with Crippen molar-refractivity contribution in [3.05, 3.63) is 44.8 Å². The van der Waals surface area contributed by atoms with Gasteiger partial charge in [0, 0.05) is 37.5 Å². The Morgan fingerprint density at radius 2 is 2.06 bits per heavy atom. The number of hydrogen-bond acceptors (Lipinski definition) is 6. The summed E-state index contributed by atoms with van der Waals surface area (Å²) in [5, 5.41) is 2.64. The van der Waals surface area contributed by atoms with Gasteiger partial charge in [-0.2, -0.15) is 0 Å². The van der Waals surface area contributed by atoms with E-state index in [0.29, 0.717) is 17.4 Å². The van der Waals surface area contributed by atoms with Gasteiger partial charge in [-0.3, -0.25) is 14.6 Å². The number of anilines is 2. The van der Waals surface area contributed by atoms with Crippen LogP contribution in [-0.4, -0.2) is 62.3 Å². The minimum atomic E-state index is -0.529. The lowest BCUT2D eigenvalue weighted by molar-refractivity contribution is -0.119. The summed E-state index contributed by atoms with van der Waals surface area (Å²) in [4.78, 5) is 30.5. The molecule has 7 nitrogen and oxygen atoms in total. The van der Waals surface area contributed by atoms with Crippen LogP contribution in [0.5, 0.6) is 0 Å². The highest BCUT2D eigenvalue weighted by molar-refractivity contribution is 9.11. The van der Waals surface area contributed by atoms with Gasteiger partial charge in [-0.05, 0) is 66.2 Å². The number of thiophene rings is 1. The Morgan fingerprint density at radius 1 is 1.30 bits per heavy atom. The molecule has 0 saturated carbocycles. The fraction of sp³-hybridized carbons (Fsp3) is 0.478. The van der Waals surface area contributed by atoms with Gasteiger partial charge in [0.1, 0.15) is 11.9 Å². The van der Waals surface area contributed by atoms with Crippen molar-refractivity contribution >= 4 is 50.6 Å². The smallest absolute Gasteiger partial charge is 0.414 e. The summed E-state index contributed by atoms with van der Waals surface area (Å²) in [7, 11) is 2.15. The number of amides is 2. The van der Waals surface area contributed by atoms with Crippen LogP contribution in [0.1, 0.15) is 24.6 Å². The Morgan fingerprint density at radius 3 is 2.70 bits per heavy atom. The summed E-state index contributed by atoms with van der Waals surface area (Å²) in [5.74, 6) is -0.532. The van der Waals surface area contributed by atoms with Gasteiger partial charge in [0.15, 0.2) is 0 Å². The molecule has 1 atom stereocenters. The summed E-state index contributed by atoms with van der Waals surface area (Å²) in [5.41, 5.74) is 1.02. The molecule has 0 aliphatic carbocycles. The number of nitrogens with one attached hydrogen (secondary N) is 1. The molecule has 0 spiro atoms. The van der Waals surface area contributed by atoms with Crippen molar-refractivity contribution in [2.24, 2.45) is 0 Å². The normalized spacial score (nSPS) is 19.3. The monoisotopic (exact) mass is 538 g/mol. The van der Waals surface area contributed by atoms with Crippen molar-refractivity contribution in [2.45, 2.75) is 38.5 Å². The summed E-state index contributed by atoms with van der Waals surface area (Å²) in [6.07, 6.45) is 0.954. The lowest BCUT2D eigenvalue weighted by Crippen LogP contribution is -2.43. The first-order valence-electron chi connectivity index (χ1n) is 11.0. The van der Waals surface area contributed by atoms with Gasteiger partial charge in [-0.25, -0.2) is 9.18 Å². The van der Waals surface area contributed by atoms with E-state index in [-0.39, 0.29) is 24.8 Å². The minimum Gasteiger partial charge on any atom is -0.442 e. The lowest BCUT2D eigenvalue weighted by Gasteiger charge is -2.38. The molecule has 2 aliphatic heterocycles. The Hall–Kier alpha value is -2.17. The molecule has 2 saturated heterocycles. The van der Waals surface area contributed by atoms with Crippen LogP contribution in [0.25, 0.3) is 0 Å². The molecule has 1 N–H and O–H groups in total. The third kappa shape index (κ3) is 5.85. The fourth-order valence-electron chi connectivity index (χ4n) is 4.38. The van der Waals surface area contributed by atoms with Gasteiger partial charge in [0.2, 0.25) is 5.91 Å². The van der Waals surface area contributed by atoms with E-state index in [1.165, 1.54) is 22.8 Å². The molecule has 0 bridgehead atoms. The van der Waals surface area contributed by atoms with E-state index in [1.54, 1.807) is 23.5 Å². The van der Waals surface area contributed by atoms with Crippen LogP contribution in [0.3, 0.4) is 0 Å². The van der Waals surface area contributed by atoms with Crippen LogP contribution in [0.4, 0.5) is 20.6 Å². The number of carbonyl (C=O) groups excluding carboxylic acids is 2. The Kier molecular flexibility index (Phi) is 7.55. The maximum absolute atomic E-state index is 15.0. The fourth-order valence-corrected chi connectivity index (χ4v) is 5.92. The summed E-state index contributed by atoms with van der Waals surface area (Å²) in [6, 6.07) is 9.58.